The summed E-state index contributed by atoms with van der Waals surface area (Å²) in [5, 5.41) is 11.4. The van der Waals surface area contributed by atoms with Crippen LogP contribution in [-0.4, -0.2) is 45.9 Å². The van der Waals surface area contributed by atoms with E-state index in [1.165, 1.54) is 17.3 Å². The average molecular weight is 536 g/mol. The van der Waals surface area contributed by atoms with Gasteiger partial charge in [-0.1, -0.05) is 43.2 Å². The minimum Gasteiger partial charge on any atom is -0.507 e. The molecule has 0 saturated carbocycles. The fraction of sp³-hybridized carbons (Fsp3) is 0.321. The van der Waals surface area contributed by atoms with Gasteiger partial charge in [-0.3, -0.25) is 19.5 Å². The lowest BCUT2D eigenvalue weighted by Gasteiger charge is -2.23. The number of esters is 1. The number of hydrogen-bond acceptors (Lipinski definition) is 9. The number of ketones is 1. The normalized spacial score (nSPS) is 16.6. The molecule has 3 heterocycles. The molecule has 1 saturated heterocycles. The highest BCUT2D eigenvalue weighted by Gasteiger charge is 2.48. The Labute approximate surface area is 224 Å². The molecule has 38 heavy (non-hydrogen) atoms. The molecule has 3 aromatic rings. The van der Waals surface area contributed by atoms with Gasteiger partial charge in [0.25, 0.3) is 5.78 Å². The molecular formula is C28H29N3O6S. The Bertz CT molecular complexity index is 1370. The van der Waals surface area contributed by atoms with Gasteiger partial charge in [0.05, 0.1) is 30.5 Å². The lowest BCUT2D eigenvalue weighted by molar-refractivity contribution is -0.132. The summed E-state index contributed by atoms with van der Waals surface area (Å²) >= 11 is 0.964. The molecule has 2 aromatic heterocycles. The van der Waals surface area contributed by atoms with Crippen molar-refractivity contribution in [3.05, 3.63) is 76.1 Å². The molecule has 1 aliphatic heterocycles. The highest BCUT2D eigenvalue weighted by atomic mass is 32.1. The zero-order chi connectivity index (χ0) is 27.2. The van der Waals surface area contributed by atoms with Crippen LogP contribution in [0.2, 0.25) is 0 Å². The number of amides is 1. The number of carbonyl (C=O) groups excluding carboxylic acids is 3. The van der Waals surface area contributed by atoms with E-state index in [0.29, 0.717) is 29.2 Å². The number of rotatable bonds is 10. The molecule has 0 radical (unpaired) electrons. The van der Waals surface area contributed by atoms with Crippen LogP contribution in [0.5, 0.6) is 5.75 Å². The second-order valence-corrected chi connectivity index (χ2v) is 9.64. The zero-order valence-corrected chi connectivity index (χ0v) is 22.3. The Morgan fingerprint density at radius 1 is 1.13 bits per heavy atom. The number of aliphatic hydroxyl groups is 1. The second-order valence-electron chi connectivity index (χ2n) is 8.66. The van der Waals surface area contributed by atoms with Gasteiger partial charge in [-0.05, 0) is 50.1 Å². The molecule has 0 aliphatic carbocycles. The first-order chi connectivity index (χ1) is 18.4. The van der Waals surface area contributed by atoms with Crippen LogP contribution >= 0.6 is 11.3 Å². The van der Waals surface area contributed by atoms with Crippen LogP contribution in [0.4, 0.5) is 5.13 Å². The van der Waals surface area contributed by atoms with Gasteiger partial charge in [0.15, 0.2) is 5.13 Å². The number of benzene rings is 1. The van der Waals surface area contributed by atoms with Crippen LogP contribution in [0, 0.1) is 6.92 Å². The summed E-state index contributed by atoms with van der Waals surface area (Å²) in [5.74, 6) is -2.02. The molecule has 1 unspecified atom stereocenters. The largest absolute Gasteiger partial charge is 0.507 e. The number of pyridine rings is 1. The van der Waals surface area contributed by atoms with E-state index in [4.69, 9.17) is 9.47 Å². The summed E-state index contributed by atoms with van der Waals surface area (Å²) in [7, 11) is 0. The molecule has 0 spiro atoms. The van der Waals surface area contributed by atoms with E-state index in [1.54, 1.807) is 50.2 Å². The van der Waals surface area contributed by atoms with Crippen molar-refractivity contribution in [1.29, 1.82) is 0 Å². The van der Waals surface area contributed by atoms with Gasteiger partial charge in [-0.25, -0.2) is 9.78 Å². The molecule has 9 nitrogen and oxygen atoms in total. The first-order valence-electron chi connectivity index (χ1n) is 12.5. The third kappa shape index (κ3) is 5.45. The van der Waals surface area contributed by atoms with Crippen molar-refractivity contribution in [2.75, 3.05) is 18.1 Å². The van der Waals surface area contributed by atoms with Crippen LogP contribution in [-0.2, 0) is 14.3 Å². The number of anilines is 1. The predicted molar refractivity (Wildman–Crippen MR) is 143 cm³/mol. The maximum atomic E-state index is 13.4. The molecule has 1 N–H and O–H groups in total. The van der Waals surface area contributed by atoms with Gasteiger partial charge in [0.1, 0.15) is 16.4 Å². The molecule has 1 aromatic carbocycles. The summed E-state index contributed by atoms with van der Waals surface area (Å²) in [6.07, 6.45) is 5.98. The van der Waals surface area contributed by atoms with E-state index in [9.17, 15) is 19.5 Å². The SMILES string of the molecule is CCCCCOc1cccc(C2/C(=C(\O)c3ccncc3)C(=O)C(=O)N2c2nc(C)c(C(=O)OCC)s2)c1. The maximum Gasteiger partial charge on any atom is 0.350 e. The van der Waals surface area contributed by atoms with Crippen molar-refractivity contribution in [2.45, 2.75) is 46.1 Å². The van der Waals surface area contributed by atoms with Crippen molar-refractivity contribution in [3.8, 4) is 5.75 Å². The Hall–Kier alpha value is -4.05. The van der Waals surface area contributed by atoms with Gasteiger partial charge in [0, 0.05) is 18.0 Å². The predicted octanol–water partition coefficient (Wildman–Crippen LogP) is 5.22. The number of nitrogens with zero attached hydrogens (tertiary/aromatic N) is 3. The van der Waals surface area contributed by atoms with Crippen molar-refractivity contribution in [2.24, 2.45) is 0 Å². The minimum atomic E-state index is -0.997. The Morgan fingerprint density at radius 3 is 2.61 bits per heavy atom. The number of thiazole rings is 1. The van der Waals surface area contributed by atoms with Crippen molar-refractivity contribution < 1.29 is 29.0 Å². The number of aryl methyl sites for hydroxylation is 1. The molecule has 1 aliphatic rings. The smallest absolute Gasteiger partial charge is 0.350 e. The number of ether oxygens (including phenoxy) is 2. The summed E-state index contributed by atoms with van der Waals surface area (Å²) in [6, 6.07) is 9.20. The molecule has 198 valence electrons. The fourth-order valence-corrected chi connectivity index (χ4v) is 5.19. The Kier molecular flexibility index (Phi) is 8.52. The number of unbranched alkanes of at least 4 members (excludes halogenated alkanes) is 2. The van der Waals surface area contributed by atoms with E-state index in [1.807, 2.05) is 0 Å². The van der Waals surface area contributed by atoms with E-state index in [-0.39, 0.29) is 27.9 Å². The number of aromatic nitrogens is 2. The van der Waals surface area contributed by atoms with Crippen molar-refractivity contribution >= 4 is 39.9 Å². The second kappa shape index (κ2) is 12.0. The first-order valence-corrected chi connectivity index (χ1v) is 13.3. The fourth-order valence-electron chi connectivity index (χ4n) is 4.20. The summed E-state index contributed by atoms with van der Waals surface area (Å²) in [5.41, 5.74) is 1.19. The summed E-state index contributed by atoms with van der Waals surface area (Å²) in [6.45, 7) is 6.17. The maximum absolute atomic E-state index is 13.4. The third-order valence-corrected chi connectivity index (χ3v) is 7.18. The lowest BCUT2D eigenvalue weighted by Crippen LogP contribution is -2.29. The first kappa shape index (κ1) is 27.0. The number of aliphatic hydroxyl groups excluding tert-OH is 1. The van der Waals surface area contributed by atoms with Gasteiger partial charge < -0.3 is 14.6 Å². The van der Waals surface area contributed by atoms with Crippen LogP contribution in [0.3, 0.4) is 0 Å². The number of carbonyl (C=O) groups is 3. The van der Waals surface area contributed by atoms with Crippen molar-refractivity contribution in [3.63, 3.8) is 0 Å². The lowest BCUT2D eigenvalue weighted by atomic mass is 9.95. The summed E-state index contributed by atoms with van der Waals surface area (Å²) < 4.78 is 11.0. The van der Waals surface area contributed by atoms with Gasteiger partial charge >= 0.3 is 11.9 Å². The van der Waals surface area contributed by atoms with Crippen LogP contribution in [0.25, 0.3) is 5.76 Å². The molecule has 1 fully saturated rings. The quantitative estimate of drug-likeness (QED) is 0.123. The number of hydrogen-bond donors (Lipinski definition) is 1. The third-order valence-electron chi connectivity index (χ3n) is 6.04. The van der Waals surface area contributed by atoms with E-state index in [0.717, 1.165) is 30.6 Å². The standard InChI is InChI=1S/C28H29N3O6S/c1-4-6-7-15-37-20-10-8-9-19(16-20)22-21(23(32)18-11-13-29-14-12-18)24(33)26(34)31(22)28-30-17(3)25(38-28)27(35)36-5-2/h8-14,16,22,32H,4-7,15H2,1-3H3/b23-21+. The number of Topliss-reactive ketones (excluding diaryl/α,β-unsaturated/α-hetero) is 1. The molecular weight excluding hydrogens is 506 g/mol. The molecule has 4 rings (SSSR count). The van der Waals surface area contributed by atoms with Crippen LogP contribution in [0.1, 0.15) is 65.6 Å². The molecule has 1 amide bonds. The Balaban J connectivity index is 1.83. The molecule has 0 bridgehead atoms. The monoisotopic (exact) mass is 535 g/mol. The average Bonchev–Trinajstić information content (AvgIpc) is 3.43. The van der Waals surface area contributed by atoms with E-state index >= 15 is 0 Å². The highest BCUT2D eigenvalue weighted by molar-refractivity contribution is 7.17. The van der Waals surface area contributed by atoms with Gasteiger partial charge in [-0.15, -0.1) is 0 Å². The summed E-state index contributed by atoms with van der Waals surface area (Å²) in [4.78, 5) is 49.1. The Morgan fingerprint density at radius 2 is 1.89 bits per heavy atom. The minimum absolute atomic E-state index is 0.0881. The van der Waals surface area contributed by atoms with Crippen LogP contribution < -0.4 is 9.64 Å². The molecule has 10 heteroatoms. The van der Waals surface area contributed by atoms with Crippen molar-refractivity contribution in [1.82, 2.24) is 9.97 Å². The van der Waals surface area contributed by atoms with Gasteiger partial charge in [0.2, 0.25) is 0 Å². The topological polar surface area (TPSA) is 119 Å². The zero-order valence-electron chi connectivity index (χ0n) is 21.5. The van der Waals surface area contributed by atoms with E-state index in [2.05, 4.69) is 16.9 Å². The van der Waals surface area contributed by atoms with Gasteiger partial charge in [-0.2, -0.15) is 0 Å². The highest BCUT2D eigenvalue weighted by Crippen LogP contribution is 2.44. The van der Waals surface area contributed by atoms with Crippen LogP contribution in [0.15, 0.2) is 54.4 Å². The van der Waals surface area contributed by atoms with E-state index < -0.39 is 23.7 Å². The molecule has 1 atom stereocenters.